The van der Waals surface area contributed by atoms with E-state index >= 15 is 0 Å². The van der Waals surface area contributed by atoms with Crippen LogP contribution in [0.15, 0.2) is 40.8 Å². The second-order valence-electron chi connectivity index (χ2n) is 6.21. The van der Waals surface area contributed by atoms with Gasteiger partial charge in [-0.2, -0.15) is 0 Å². The van der Waals surface area contributed by atoms with Crippen molar-refractivity contribution in [2.45, 2.75) is 33.1 Å². The van der Waals surface area contributed by atoms with E-state index < -0.39 is 11.9 Å². The van der Waals surface area contributed by atoms with Gasteiger partial charge in [0.25, 0.3) is 5.91 Å². The first-order chi connectivity index (χ1) is 11.4. The quantitative estimate of drug-likeness (QED) is 0.816. The van der Waals surface area contributed by atoms with Gasteiger partial charge in [-0.15, -0.1) is 0 Å². The molecule has 0 aliphatic heterocycles. The molecule has 2 rings (SSSR count). The molecule has 1 heterocycles. The van der Waals surface area contributed by atoms with Crippen LogP contribution in [0.3, 0.4) is 0 Å². The Hall–Kier alpha value is -2.56. The van der Waals surface area contributed by atoms with E-state index in [-0.39, 0.29) is 18.4 Å². The first-order valence-corrected chi connectivity index (χ1v) is 8.03. The fraction of sp³-hybridized carbons (Fsp3) is 0.368. The van der Waals surface area contributed by atoms with Crippen molar-refractivity contribution in [3.63, 3.8) is 0 Å². The number of carbonyl (C=O) groups is 2. The van der Waals surface area contributed by atoms with Gasteiger partial charge in [0.2, 0.25) is 0 Å². The fourth-order valence-electron chi connectivity index (χ4n) is 2.47. The van der Waals surface area contributed by atoms with Crippen molar-refractivity contribution < 1.29 is 19.1 Å². The normalized spacial score (nSPS) is 12.2. The van der Waals surface area contributed by atoms with Gasteiger partial charge in [-0.25, -0.2) is 0 Å². The highest BCUT2D eigenvalue weighted by molar-refractivity contribution is 5.95. The average Bonchev–Trinajstić information content (AvgIpc) is 2.94. The molecule has 2 aromatic rings. The van der Waals surface area contributed by atoms with Crippen LogP contribution < -0.4 is 5.32 Å². The van der Waals surface area contributed by atoms with Gasteiger partial charge in [-0.1, -0.05) is 44.2 Å². The predicted molar refractivity (Wildman–Crippen MR) is 91.1 cm³/mol. The van der Waals surface area contributed by atoms with Crippen molar-refractivity contribution in [3.8, 4) is 0 Å². The number of benzene rings is 1. The molecule has 0 fully saturated rings. The lowest BCUT2D eigenvalue weighted by atomic mass is 9.99. The zero-order valence-electron chi connectivity index (χ0n) is 14.2. The van der Waals surface area contributed by atoms with Gasteiger partial charge in [0, 0.05) is 12.5 Å². The number of hydrogen-bond acceptors (Lipinski definition) is 3. The van der Waals surface area contributed by atoms with E-state index in [9.17, 15) is 14.7 Å². The molecule has 1 atom stereocenters. The summed E-state index contributed by atoms with van der Waals surface area (Å²) in [4.78, 5) is 23.8. The molecule has 128 valence electrons. The zero-order valence-corrected chi connectivity index (χ0v) is 14.2. The fourth-order valence-corrected chi connectivity index (χ4v) is 2.47. The summed E-state index contributed by atoms with van der Waals surface area (Å²) < 4.78 is 5.57. The predicted octanol–water partition coefficient (Wildman–Crippen LogP) is 3.38. The summed E-state index contributed by atoms with van der Waals surface area (Å²) in [6.45, 7) is 5.78. The van der Waals surface area contributed by atoms with E-state index in [1.165, 1.54) is 0 Å². The number of aliphatic carboxylic acids is 1. The lowest BCUT2D eigenvalue weighted by Gasteiger charge is -2.13. The molecule has 5 nitrogen and oxygen atoms in total. The van der Waals surface area contributed by atoms with E-state index in [0.29, 0.717) is 17.7 Å². The van der Waals surface area contributed by atoms with Crippen molar-refractivity contribution >= 4 is 11.9 Å². The standard InChI is InChI=1S/C19H23NO4/c1-12(2)17-10-16(13(3)24-17)18(21)20-11-15(19(22)23)9-14-7-5-4-6-8-14/h4-8,10,12,15H,9,11H2,1-3H3,(H,20,21)(H,22,23). The largest absolute Gasteiger partial charge is 0.481 e. The minimum atomic E-state index is -0.925. The molecular formula is C19H23NO4. The summed E-state index contributed by atoms with van der Waals surface area (Å²) in [5.41, 5.74) is 1.39. The van der Waals surface area contributed by atoms with Crippen molar-refractivity contribution in [2.24, 2.45) is 5.92 Å². The summed E-state index contributed by atoms with van der Waals surface area (Å²) in [7, 11) is 0. The average molecular weight is 329 g/mol. The smallest absolute Gasteiger partial charge is 0.308 e. The summed E-state index contributed by atoms with van der Waals surface area (Å²) in [6, 6.07) is 11.1. The first-order valence-electron chi connectivity index (χ1n) is 8.03. The molecule has 1 unspecified atom stereocenters. The Bertz CT molecular complexity index is 703. The van der Waals surface area contributed by atoms with Crippen molar-refractivity contribution in [3.05, 3.63) is 59.0 Å². The molecular weight excluding hydrogens is 306 g/mol. The van der Waals surface area contributed by atoms with Gasteiger partial charge in [-0.05, 0) is 25.0 Å². The number of nitrogens with one attached hydrogen (secondary N) is 1. The third-order valence-corrected chi connectivity index (χ3v) is 3.93. The Morgan fingerprint density at radius 1 is 1.21 bits per heavy atom. The number of carbonyl (C=O) groups excluding carboxylic acids is 1. The molecule has 0 radical (unpaired) electrons. The highest BCUT2D eigenvalue weighted by Crippen LogP contribution is 2.21. The minimum Gasteiger partial charge on any atom is -0.481 e. The number of carboxylic acid groups (broad SMARTS) is 1. The summed E-state index contributed by atoms with van der Waals surface area (Å²) in [5.74, 6) is -0.417. The minimum absolute atomic E-state index is 0.0741. The highest BCUT2D eigenvalue weighted by Gasteiger charge is 2.21. The van der Waals surface area contributed by atoms with Gasteiger partial charge in [-0.3, -0.25) is 9.59 Å². The molecule has 1 aromatic heterocycles. The molecule has 0 aliphatic rings. The number of furan rings is 1. The molecule has 0 bridgehead atoms. The number of carboxylic acids is 1. The van der Waals surface area contributed by atoms with E-state index in [4.69, 9.17) is 4.42 Å². The van der Waals surface area contributed by atoms with Gasteiger partial charge < -0.3 is 14.8 Å². The van der Waals surface area contributed by atoms with Crippen LogP contribution in [0.5, 0.6) is 0 Å². The zero-order chi connectivity index (χ0) is 17.7. The van der Waals surface area contributed by atoms with Crippen LogP contribution in [0.25, 0.3) is 0 Å². The first kappa shape index (κ1) is 17.8. The van der Waals surface area contributed by atoms with E-state index in [2.05, 4.69) is 5.32 Å². The Kier molecular flexibility index (Phi) is 5.79. The molecule has 0 aliphatic carbocycles. The molecule has 24 heavy (non-hydrogen) atoms. The van der Waals surface area contributed by atoms with Crippen molar-refractivity contribution in [1.29, 1.82) is 0 Å². The molecule has 5 heteroatoms. The van der Waals surface area contributed by atoms with Crippen LogP contribution in [0.1, 0.15) is 47.2 Å². The Labute approximate surface area is 141 Å². The summed E-state index contributed by atoms with van der Waals surface area (Å²) >= 11 is 0. The van der Waals surface area contributed by atoms with Crippen LogP contribution in [0.4, 0.5) is 0 Å². The third-order valence-electron chi connectivity index (χ3n) is 3.93. The van der Waals surface area contributed by atoms with Crippen LogP contribution in [-0.4, -0.2) is 23.5 Å². The van der Waals surface area contributed by atoms with Gasteiger partial charge in [0.15, 0.2) is 0 Å². The SMILES string of the molecule is Cc1oc(C(C)C)cc1C(=O)NCC(Cc1ccccc1)C(=O)O. The number of rotatable bonds is 7. The van der Waals surface area contributed by atoms with Gasteiger partial charge in [0.05, 0.1) is 11.5 Å². The Morgan fingerprint density at radius 2 is 1.88 bits per heavy atom. The Balaban J connectivity index is 2.01. The second-order valence-corrected chi connectivity index (χ2v) is 6.21. The lowest BCUT2D eigenvalue weighted by molar-refractivity contribution is -0.141. The summed E-state index contributed by atoms with van der Waals surface area (Å²) in [5, 5.41) is 12.1. The molecule has 1 amide bonds. The molecule has 0 saturated carbocycles. The second kappa shape index (κ2) is 7.81. The van der Waals surface area contributed by atoms with Crippen molar-refractivity contribution in [1.82, 2.24) is 5.32 Å². The maximum atomic E-state index is 12.3. The Morgan fingerprint density at radius 3 is 2.42 bits per heavy atom. The van der Waals surface area contributed by atoms with Crippen LogP contribution >= 0.6 is 0 Å². The van der Waals surface area contributed by atoms with E-state index in [1.807, 2.05) is 44.2 Å². The van der Waals surface area contributed by atoms with Crippen LogP contribution in [0.2, 0.25) is 0 Å². The van der Waals surface area contributed by atoms with Crippen LogP contribution in [0, 0.1) is 12.8 Å². The summed E-state index contributed by atoms with van der Waals surface area (Å²) in [6.07, 6.45) is 0.373. The van der Waals surface area contributed by atoms with Crippen LogP contribution in [-0.2, 0) is 11.2 Å². The highest BCUT2D eigenvalue weighted by atomic mass is 16.4. The molecule has 0 spiro atoms. The topological polar surface area (TPSA) is 79.5 Å². The van der Waals surface area contributed by atoms with Gasteiger partial charge in [0.1, 0.15) is 11.5 Å². The number of amides is 1. The number of aryl methyl sites for hydroxylation is 1. The molecule has 2 N–H and O–H groups in total. The van der Waals surface area contributed by atoms with Crippen molar-refractivity contribution in [2.75, 3.05) is 6.54 Å². The van der Waals surface area contributed by atoms with Gasteiger partial charge >= 0.3 is 5.97 Å². The third kappa shape index (κ3) is 4.47. The maximum Gasteiger partial charge on any atom is 0.308 e. The monoisotopic (exact) mass is 329 g/mol. The van der Waals surface area contributed by atoms with E-state index in [1.54, 1.807) is 13.0 Å². The van der Waals surface area contributed by atoms with E-state index in [0.717, 1.165) is 11.3 Å². The number of hydrogen-bond donors (Lipinski definition) is 2. The molecule has 0 saturated heterocycles. The lowest BCUT2D eigenvalue weighted by Crippen LogP contribution is -2.34. The molecule has 1 aromatic carbocycles. The maximum absolute atomic E-state index is 12.3.